The monoisotopic (exact) mass is 559 g/mol. The summed E-state index contributed by atoms with van der Waals surface area (Å²) in [5, 5.41) is 0. The van der Waals surface area contributed by atoms with Crippen molar-refractivity contribution < 1.29 is 14.0 Å². The van der Waals surface area contributed by atoms with Crippen molar-refractivity contribution in [1.82, 2.24) is 24.7 Å². The van der Waals surface area contributed by atoms with Gasteiger partial charge in [-0.2, -0.15) is 0 Å². The number of hydrogen-bond donors (Lipinski definition) is 0. The highest BCUT2D eigenvalue weighted by Crippen LogP contribution is 2.41. The molecule has 2 saturated heterocycles. The molecular formula is C33H42FN5O2. The number of carbonyl (C=O) groups is 2. The molecule has 1 aliphatic carbocycles. The Labute approximate surface area is 242 Å². The lowest BCUT2D eigenvalue weighted by Gasteiger charge is -2.44. The molecule has 1 saturated carbocycles. The summed E-state index contributed by atoms with van der Waals surface area (Å²) in [4.78, 5) is 41.4. The van der Waals surface area contributed by atoms with Gasteiger partial charge in [-0.1, -0.05) is 31.4 Å². The van der Waals surface area contributed by atoms with Gasteiger partial charge in [0, 0.05) is 62.7 Å². The smallest absolute Gasteiger partial charge is 0.257 e. The number of halogens is 1. The van der Waals surface area contributed by atoms with Crippen molar-refractivity contribution in [2.24, 2.45) is 11.8 Å². The number of benzene rings is 1. The number of hydrogen-bond acceptors (Lipinski definition) is 5. The first-order valence-corrected chi connectivity index (χ1v) is 15.4. The van der Waals surface area contributed by atoms with Crippen molar-refractivity contribution >= 4 is 11.8 Å². The Morgan fingerprint density at radius 2 is 1.73 bits per heavy atom. The van der Waals surface area contributed by atoms with Gasteiger partial charge in [-0.25, -0.2) is 14.4 Å². The Bertz CT molecular complexity index is 1310. The fourth-order valence-corrected chi connectivity index (χ4v) is 7.68. The van der Waals surface area contributed by atoms with E-state index in [1.54, 1.807) is 6.07 Å². The summed E-state index contributed by atoms with van der Waals surface area (Å²) in [7, 11) is 0. The van der Waals surface area contributed by atoms with Gasteiger partial charge >= 0.3 is 0 Å². The summed E-state index contributed by atoms with van der Waals surface area (Å²) < 4.78 is 14.4. The molecule has 41 heavy (non-hydrogen) atoms. The second-order valence-electron chi connectivity index (χ2n) is 12.7. The average molecular weight is 560 g/mol. The first-order valence-electron chi connectivity index (χ1n) is 15.4. The fourth-order valence-electron chi connectivity index (χ4n) is 7.68. The maximum absolute atomic E-state index is 14.4. The second kappa shape index (κ2) is 11.5. The molecule has 0 spiro atoms. The zero-order valence-corrected chi connectivity index (χ0v) is 24.4. The van der Waals surface area contributed by atoms with Gasteiger partial charge in [0.15, 0.2) is 0 Å². The number of carbonyl (C=O) groups excluding carboxylic acids is 2. The Kier molecular flexibility index (Phi) is 7.84. The topological polar surface area (TPSA) is 69.6 Å². The van der Waals surface area contributed by atoms with Crippen molar-refractivity contribution in [1.29, 1.82) is 0 Å². The van der Waals surface area contributed by atoms with Crippen LogP contribution in [0.2, 0.25) is 0 Å². The predicted octanol–water partition coefficient (Wildman–Crippen LogP) is 5.03. The molecule has 4 aliphatic rings. The fraction of sp³-hybridized carbons (Fsp3) is 0.576. The van der Waals surface area contributed by atoms with Gasteiger partial charge in [0.2, 0.25) is 5.91 Å². The number of likely N-dealkylation sites (tertiary alicyclic amines) is 2. The van der Waals surface area contributed by atoms with Crippen LogP contribution in [0.25, 0.3) is 0 Å². The van der Waals surface area contributed by atoms with E-state index in [0.29, 0.717) is 30.5 Å². The minimum absolute atomic E-state index is 0.0158. The van der Waals surface area contributed by atoms with Crippen LogP contribution in [0.5, 0.6) is 0 Å². The molecule has 1 unspecified atom stereocenters. The lowest BCUT2D eigenvalue weighted by Crippen LogP contribution is -2.48. The molecule has 0 radical (unpaired) electrons. The van der Waals surface area contributed by atoms with Crippen LogP contribution in [0, 0.1) is 31.5 Å². The third-order valence-electron chi connectivity index (χ3n) is 10.2. The van der Waals surface area contributed by atoms with Gasteiger partial charge in [-0.3, -0.25) is 9.59 Å². The molecule has 8 heteroatoms. The quantitative estimate of drug-likeness (QED) is 0.496. The summed E-state index contributed by atoms with van der Waals surface area (Å²) in [6.07, 6.45) is 12.0. The normalized spacial score (nSPS) is 22.6. The minimum Gasteiger partial charge on any atom is -0.377 e. The van der Waals surface area contributed by atoms with Crippen molar-refractivity contribution in [2.75, 3.05) is 39.3 Å². The summed E-state index contributed by atoms with van der Waals surface area (Å²) in [6.45, 7) is 8.35. The summed E-state index contributed by atoms with van der Waals surface area (Å²) in [5.41, 5.74) is 4.29. The molecule has 0 bridgehead atoms. The van der Waals surface area contributed by atoms with Crippen LogP contribution < -0.4 is 0 Å². The van der Waals surface area contributed by atoms with Crippen LogP contribution in [0.1, 0.15) is 78.7 Å². The molecule has 6 rings (SSSR count). The summed E-state index contributed by atoms with van der Waals surface area (Å²) >= 11 is 0. The highest BCUT2D eigenvalue weighted by molar-refractivity contribution is 5.96. The van der Waals surface area contributed by atoms with Gasteiger partial charge < -0.3 is 14.7 Å². The number of aromatic nitrogens is 2. The molecule has 1 atom stereocenters. The highest BCUT2D eigenvalue weighted by atomic mass is 19.1. The van der Waals surface area contributed by atoms with Crippen LogP contribution in [-0.2, 0) is 10.2 Å². The Morgan fingerprint density at radius 3 is 2.41 bits per heavy atom. The van der Waals surface area contributed by atoms with E-state index in [9.17, 15) is 14.0 Å². The van der Waals surface area contributed by atoms with Crippen molar-refractivity contribution in [3.05, 3.63) is 70.7 Å². The van der Waals surface area contributed by atoms with Crippen LogP contribution >= 0.6 is 0 Å². The van der Waals surface area contributed by atoms with Crippen molar-refractivity contribution in [3.63, 3.8) is 0 Å². The van der Waals surface area contributed by atoms with Crippen LogP contribution in [-0.4, -0.2) is 75.8 Å². The average Bonchev–Trinajstić information content (AvgIpc) is 3.56. The van der Waals surface area contributed by atoms with E-state index in [4.69, 9.17) is 0 Å². The molecule has 3 aliphatic heterocycles. The van der Waals surface area contributed by atoms with Gasteiger partial charge in [0.05, 0.1) is 17.0 Å². The van der Waals surface area contributed by atoms with Gasteiger partial charge in [-0.15, -0.1) is 0 Å². The van der Waals surface area contributed by atoms with Gasteiger partial charge in [-0.05, 0) is 69.2 Å². The molecule has 3 fully saturated rings. The Balaban J connectivity index is 1.11. The molecule has 4 heterocycles. The number of fused-ring (bicyclic) bond motifs is 1. The van der Waals surface area contributed by atoms with Crippen LogP contribution in [0.3, 0.4) is 0 Å². The third-order valence-corrected chi connectivity index (χ3v) is 10.2. The molecule has 218 valence electrons. The molecule has 1 aromatic heterocycles. The minimum atomic E-state index is -0.195. The standard InChI is InChI=1S/C33H42FN5O2/c1-23-30(24(2)36-22-35-23)32(41)39-20-26-18-37(19-27(26)21-39)14-11-33(28-9-6-10-29(34)17-28)12-15-38(16-13-33)31(40)25-7-4-3-5-8-25/h6,9-10,17-18,22,25,27H,3-5,7-8,11-16,19-21H2,1-2H3. The zero-order chi connectivity index (χ0) is 28.6. The van der Waals surface area contributed by atoms with E-state index in [2.05, 4.69) is 32.0 Å². The molecular weight excluding hydrogens is 517 g/mol. The predicted molar refractivity (Wildman–Crippen MR) is 156 cm³/mol. The number of amides is 2. The lowest BCUT2D eigenvalue weighted by molar-refractivity contribution is -0.138. The summed E-state index contributed by atoms with van der Waals surface area (Å²) in [5.74, 6) is 0.682. The van der Waals surface area contributed by atoms with E-state index in [0.717, 1.165) is 88.1 Å². The molecule has 2 aromatic rings. The lowest BCUT2D eigenvalue weighted by atomic mass is 9.70. The van der Waals surface area contributed by atoms with Crippen molar-refractivity contribution in [3.8, 4) is 0 Å². The zero-order valence-electron chi connectivity index (χ0n) is 24.4. The first kappa shape index (κ1) is 27.9. The first-order chi connectivity index (χ1) is 19.8. The Morgan fingerprint density at radius 1 is 1.00 bits per heavy atom. The molecule has 0 N–H and O–H groups in total. The second-order valence-corrected chi connectivity index (χ2v) is 12.7. The SMILES string of the molecule is Cc1ncnc(C)c1C(=O)N1CC2=CN(CCC3(c4cccc(F)c4)CCN(C(=O)C4CCCCC4)CC3)CC2C1. The largest absolute Gasteiger partial charge is 0.377 e. The maximum atomic E-state index is 14.4. The number of aryl methyl sites for hydroxylation is 2. The number of piperidine rings is 1. The van der Waals surface area contributed by atoms with E-state index < -0.39 is 0 Å². The number of nitrogens with zero attached hydrogens (tertiary/aromatic N) is 5. The maximum Gasteiger partial charge on any atom is 0.257 e. The van der Waals surface area contributed by atoms with Crippen LogP contribution in [0.15, 0.2) is 42.4 Å². The van der Waals surface area contributed by atoms with E-state index in [1.807, 2.05) is 24.8 Å². The Hall–Kier alpha value is -3.29. The summed E-state index contributed by atoms with van der Waals surface area (Å²) in [6, 6.07) is 7.11. The molecule has 1 aromatic carbocycles. The van der Waals surface area contributed by atoms with E-state index in [1.165, 1.54) is 24.4 Å². The molecule has 2 amide bonds. The molecule has 7 nitrogen and oxygen atoms in total. The van der Waals surface area contributed by atoms with Crippen molar-refractivity contribution in [2.45, 2.75) is 70.6 Å². The third kappa shape index (κ3) is 5.62. The van der Waals surface area contributed by atoms with E-state index in [-0.39, 0.29) is 23.1 Å². The highest BCUT2D eigenvalue weighted by Gasteiger charge is 2.41. The van der Waals surface area contributed by atoms with Gasteiger partial charge in [0.1, 0.15) is 12.1 Å². The van der Waals surface area contributed by atoms with Crippen LogP contribution in [0.4, 0.5) is 4.39 Å². The number of rotatable bonds is 6. The van der Waals surface area contributed by atoms with Gasteiger partial charge in [0.25, 0.3) is 5.91 Å². The van der Waals surface area contributed by atoms with E-state index >= 15 is 0 Å².